The molecule has 0 amide bonds. The van der Waals surface area contributed by atoms with Gasteiger partial charge in [-0.3, -0.25) is 0 Å². The molecule has 1 aliphatic rings. The van der Waals surface area contributed by atoms with Gasteiger partial charge >= 0.3 is 0 Å². The van der Waals surface area contributed by atoms with Crippen molar-refractivity contribution < 1.29 is 0 Å². The molecule has 0 heteroatoms. The number of hydrogen-bond acceptors (Lipinski definition) is 0. The van der Waals surface area contributed by atoms with Gasteiger partial charge in [0, 0.05) is 0 Å². The van der Waals surface area contributed by atoms with E-state index in [0.29, 0.717) is 0 Å². The van der Waals surface area contributed by atoms with E-state index in [2.05, 4.69) is 64.6 Å². The first kappa shape index (κ1) is 18.5. The Morgan fingerprint density at radius 2 is 1.79 bits per heavy atom. The van der Waals surface area contributed by atoms with Crippen molar-refractivity contribution in [3.8, 4) is 0 Å². The van der Waals surface area contributed by atoms with Gasteiger partial charge in [-0.1, -0.05) is 80.8 Å². The molecule has 24 heavy (non-hydrogen) atoms. The highest BCUT2D eigenvalue weighted by molar-refractivity contribution is 5.84. The highest BCUT2D eigenvalue weighted by Gasteiger charge is 2.20. The maximum Gasteiger partial charge on any atom is -0.0149 e. The van der Waals surface area contributed by atoms with Gasteiger partial charge in [0.15, 0.2) is 0 Å². The van der Waals surface area contributed by atoms with E-state index in [1.165, 1.54) is 59.1 Å². The molecule has 1 aliphatic carbocycles. The molecule has 0 bridgehead atoms. The van der Waals surface area contributed by atoms with Gasteiger partial charge in [0.2, 0.25) is 0 Å². The predicted molar refractivity (Wildman–Crippen MR) is 108 cm³/mol. The molecule has 0 radical (unpaired) electrons. The Bertz CT molecular complexity index is 672. The molecule has 0 spiro atoms. The quantitative estimate of drug-likeness (QED) is 0.480. The average Bonchev–Trinajstić information content (AvgIpc) is 2.69. The molecule has 0 nitrogen and oxygen atoms in total. The van der Waals surface area contributed by atoms with Crippen LogP contribution in [-0.2, 0) is 6.42 Å². The molecule has 0 atom stereocenters. The molecule has 0 unspecified atom stereocenters. The fourth-order valence-electron chi connectivity index (χ4n) is 3.82. The number of rotatable bonds is 6. The highest BCUT2D eigenvalue weighted by atomic mass is 14.2. The average molecular weight is 321 g/mol. The van der Waals surface area contributed by atoms with Gasteiger partial charge in [-0.15, -0.1) is 0 Å². The second kappa shape index (κ2) is 8.87. The molecule has 0 aromatic heterocycles. The first-order valence-electron chi connectivity index (χ1n) is 9.43. The third-order valence-corrected chi connectivity index (χ3v) is 4.94. The number of aryl methyl sites for hydroxylation is 2. The Kier molecular flexibility index (Phi) is 6.85. The van der Waals surface area contributed by atoms with Crippen molar-refractivity contribution in [3.05, 3.63) is 76.4 Å². The third kappa shape index (κ3) is 4.17. The zero-order valence-corrected chi connectivity index (χ0v) is 15.9. The van der Waals surface area contributed by atoms with E-state index in [4.69, 9.17) is 0 Å². The normalized spacial score (nSPS) is 14.8. The van der Waals surface area contributed by atoms with Gasteiger partial charge in [0.1, 0.15) is 0 Å². The van der Waals surface area contributed by atoms with E-state index in [9.17, 15) is 0 Å². The summed E-state index contributed by atoms with van der Waals surface area (Å²) in [6, 6.07) is 7.01. The van der Waals surface area contributed by atoms with Crippen LogP contribution in [0.25, 0.3) is 5.57 Å². The zero-order chi connectivity index (χ0) is 17.5. The Balaban J connectivity index is 2.71. The summed E-state index contributed by atoms with van der Waals surface area (Å²) in [6.45, 7) is 12.9. The standard InChI is InChI=1S/C24H32/c1-6-9-12-20-14-15-22-17-18(4)13-16-23(22)24(19(20)5)21(10-7-2)11-8-3/h6,9,12-13,16-17H,1,7-8,10-11,14-15H2,2-5H3/b12-9-. The van der Waals surface area contributed by atoms with Crippen molar-refractivity contribution in [2.75, 3.05) is 0 Å². The van der Waals surface area contributed by atoms with Crippen LogP contribution >= 0.6 is 0 Å². The van der Waals surface area contributed by atoms with Gasteiger partial charge in [-0.05, 0) is 67.4 Å². The molecule has 0 N–H and O–H groups in total. The number of hydrogen-bond donors (Lipinski definition) is 0. The van der Waals surface area contributed by atoms with E-state index in [0.717, 1.165) is 12.8 Å². The molecular formula is C24H32. The third-order valence-electron chi connectivity index (χ3n) is 4.94. The molecule has 1 aromatic carbocycles. The molecule has 0 aliphatic heterocycles. The summed E-state index contributed by atoms with van der Waals surface area (Å²) in [6.07, 6.45) is 13.3. The van der Waals surface area contributed by atoms with Gasteiger partial charge < -0.3 is 0 Å². The molecule has 128 valence electrons. The predicted octanol–water partition coefficient (Wildman–Crippen LogP) is 7.35. The van der Waals surface area contributed by atoms with Crippen LogP contribution in [0.15, 0.2) is 59.7 Å². The monoisotopic (exact) mass is 320 g/mol. The second-order valence-corrected chi connectivity index (χ2v) is 6.88. The molecule has 0 heterocycles. The fraction of sp³-hybridized carbons (Fsp3) is 0.417. The van der Waals surface area contributed by atoms with Crippen LogP contribution in [0.2, 0.25) is 0 Å². The van der Waals surface area contributed by atoms with Crippen LogP contribution in [-0.4, -0.2) is 0 Å². The Hall–Kier alpha value is -1.82. The van der Waals surface area contributed by atoms with Crippen LogP contribution in [0.4, 0.5) is 0 Å². The van der Waals surface area contributed by atoms with E-state index in [-0.39, 0.29) is 0 Å². The summed E-state index contributed by atoms with van der Waals surface area (Å²) >= 11 is 0. The minimum absolute atomic E-state index is 1.11. The highest BCUT2D eigenvalue weighted by Crippen LogP contribution is 2.39. The molecule has 0 saturated carbocycles. The number of fused-ring (bicyclic) bond motifs is 1. The van der Waals surface area contributed by atoms with Crippen molar-refractivity contribution in [1.29, 1.82) is 0 Å². The Morgan fingerprint density at radius 1 is 1.08 bits per heavy atom. The first-order valence-corrected chi connectivity index (χ1v) is 9.43. The van der Waals surface area contributed by atoms with Crippen molar-refractivity contribution in [2.24, 2.45) is 0 Å². The van der Waals surface area contributed by atoms with Crippen molar-refractivity contribution in [2.45, 2.75) is 66.2 Å². The second-order valence-electron chi connectivity index (χ2n) is 6.88. The van der Waals surface area contributed by atoms with E-state index >= 15 is 0 Å². The van der Waals surface area contributed by atoms with E-state index in [1.807, 2.05) is 6.08 Å². The van der Waals surface area contributed by atoms with E-state index in [1.54, 1.807) is 5.57 Å². The van der Waals surface area contributed by atoms with Gasteiger partial charge in [0.25, 0.3) is 0 Å². The summed E-state index contributed by atoms with van der Waals surface area (Å²) in [5.41, 5.74) is 10.4. The molecular weight excluding hydrogens is 288 g/mol. The SMILES string of the molecule is C=C/C=C\C1=C(C)C(=C(CCC)CCC)c2ccc(C)cc2CC1. The van der Waals surface area contributed by atoms with Crippen LogP contribution in [0.3, 0.4) is 0 Å². The number of benzene rings is 1. The van der Waals surface area contributed by atoms with Crippen LogP contribution in [0, 0.1) is 6.92 Å². The minimum Gasteiger partial charge on any atom is -0.0991 e. The van der Waals surface area contributed by atoms with Crippen molar-refractivity contribution in [1.82, 2.24) is 0 Å². The van der Waals surface area contributed by atoms with Crippen molar-refractivity contribution >= 4 is 5.57 Å². The molecule has 0 fully saturated rings. The summed E-state index contributed by atoms with van der Waals surface area (Å²) < 4.78 is 0. The Morgan fingerprint density at radius 3 is 2.42 bits per heavy atom. The molecule has 0 saturated heterocycles. The van der Waals surface area contributed by atoms with Crippen molar-refractivity contribution in [3.63, 3.8) is 0 Å². The Labute approximate surface area is 148 Å². The van der Waals surface area contributed by atoms with Crippen LogP contribution in [0.5, 0.6) is 0 Å². The van der Waals surface area contributed by atoms with Crippen LogP contribution in [0.1, 0.15) is 69.6 Å². The zero-order valence-electron chi connectivity index (χ0n) is 15.9. The van der Waals surface area contributed by atoms with E-state index < -0.39 is 0 Å². The topological polar surface area (TPSA) is 0 Å². The fourth-order valence-corrected chi connectivity index (χ4v) is 3.82. The summed E-state index contributed by atoms with van der Waals surface area (Å²) in [5, 5.41) is 0. The summed E-state index contributed by atoms with van der Waals surface area (Å²) in [4.78, 5) is 0. The lowest BCUT2D eigenvalue weighted by molar-refractivity contribution is 0.805. The number of allylic oxidation sites excluding steroid dienone is 7. The lowest BCUT2D eigenvalue weighted by Gasteiger charge is -2.18. The lowest BCUT2D eigenvalue weighted by atomic mass is 9.86. The maximum atomic E-state index is 3.84. The molecule has 2 rings (SSSR count). The van der Waals surface area contributed by atoms with Gasteiger partial charge in [0.05, 0.1) is 0 Å². The van der Waals surface area contributed by atoms with Gasteiger partial charge in [-0.25, -0.2) is 0 Å². The summed E-state index contributed by atoms with van der Waals surface area (Å²) in [7, 11) is 0. The smallest absolute Gasteiger partial charge is 0.0149 e. The van der Waals surface area contributed by atoms with Crippen LogP contribution < -0.4 is 0 Å². The minimum atomic E-state index is 1.11. The largest absolute Gasteiger partial charge is 0.0991 e. The summed E-state index contributed by atoms with van der Waals surface area (Å²) in [5.74, 6) is 0. The first-order chi connectivity index (χ1) is 11.6. The van der Waals surface area contributed by atoms with Gasteiger partial charge in [-0.2, -0.15) is 0 Å². The molecule has 1 aromatic rings. The lowest BCUT2D eigenvalue weighted by Crippen LogP contribution is -1.98. The maximum absolute atomic E-state index is 3.84.